The number of unbranched alkanes of at least 4 members (excludes halogenated alkanes) is 1. The molecule has 0 saturated heterocycles. The number of amidine groups is 1. The molecule has 5 heteroatoms. The van der Waals surface area contributed by atoms with Crippen LogP contribution in [0.1, 0.15) is 26.7 Å². The van der Waals surface area contributed by atoms with E-state index in [9.17, 15) is 4.79 Å². The zero-order chi connectivity index (χ0) is 11.9. The number of carboxylic acid groups (broad SMARTS) is 1. The summed E-state index contributed by atoms with van der Waals surface area (Å²) >= 11 is 1.11. The molecule has 0 fully saturated rings. The van der Waals surface area contributed by atoms with Crippen LogP contribution in [0, 0.1) is 17.3 Å². The Balaban J connectivity index is 3.81. The molecule has 15 heavy (non-hydrogen) atoms. The number of rotatable bonds is 4. The van der Waals surface area contributed by atoms with Crippen LogP contribution in [0.3, 0.4) is 0 Å². The van der Waals surface area contributed by atoms with Gasteiger partial charge < -0.3 is 0 Å². The fraction of sp³-hybridized carbons (Fsp3) is 0.600. The van der Waals surface area contributed by atoms with Gasteiger partial charge in [0.05, 0.1) is 0 Å². The van der Waals surface area contributed by atoms with Crippen molar-refractivity contribution >= 4 is 28.7 Å². The van der Waals surface area contributed by atoms with E-state index in [-0.39, 0.29) is 0 Å². The molecule has 0 bridgehead atoms. The van der Waals surface area contributed by atoms with Crippen LogP contribution in [0.5, 0.6) is 0 Å². The van der Waals surface area contributed by atoms with Crippen molar-refractivity contribution in [2.45, 2.75) is 30.9 Å². The first-order chi connectivity index (χ1) is 6.86. The molecular formula is C10H17AsN2O2. The minimum atomic E-state index is -0.905. The second-order valence-electron chi connectivity index (χ2n) is 3.46. The summed E-state index contributed by atoms with van der Waals surface area (Å²) in [4.78, 5) is 10.7. The van der Waals surface area contributed by atoms with Gasteiger partial charge in [0, 0.05) is 0 Å². The van der Waals surface area contributed by atoms with Gasteiger partial charge in [-0.25, -0.2) is 0 Å². The second kappa shape index (κ2) is 6.53. The maximum atomic E-state index is 10.7. The molecule has 0 amide bonds. The summed E-state index contributed by atoms with van der Waals surface area (Å²) in [5, 5.41) is 18.8. The van der Waals surface area contributed by atoms with Crippen molar-refractivity contribution in [3.05, 3.63) is 0 Å². The van der Waals surface area contributed by atoms with Gasteiger partial charge in [-0.05, 0) is 0 Å². The van der Waals surface area contributed by atoms with Gasteiger partial charge in [0.2, 0.25) is 0 Å². The molecule has 0 aliphatic carbocycles. The number of hydrogen-bond donors (Lipinski definition) is 3. The average Bonchev–Trinajstić information content (AvgIpc) is 2.10. The molecule has 0 heterocycles. The van der Waals surface area contributed by atoms with E-state index in [2.05, 4.69) is 17.2 Å². The van der Waals surface area contributed by atoms with Crippen LogP contribution in [-0.4, -0.2) is 40.3 Å². The minimum absolute atomic E-state index is 0.442. The van der Waals surface area contributed by atoms with Gasteiger partial charge in [-0.15, -0.1) is 0 Å². The molecule has 0 aromatic heterocycles. The zero-order valence-electron chi connectivity index (χ0n) is 9.05. The summed E-state index contributed by atoms with van der Waals surface area (Å²) in [5.74, 6) is 5.17. The summed E-state index contributed by atoms with van der Waals surface area (Å²) in [6, 6.07) is 0. The van der Waals surface area contributed by atoms with Crippen molar-refractivity contribution in [1.82, 2.24) is 5.32 Å². The van der Waals surface area contributed by atoms with Crippen LogP contribution >= 0.6 is 0 Å². The third-order valence-electron chi connectivity index (χ3n) is 1.66. The Morgan fingerprint density at radius 3 is 2.73 bits per heavy atom. The van der Waals surface area contributed by atoms with Crippen LogP contribution in [0.15, 0.2) is 0 Å². The molecule has 0 rings (SSSR count). The van der Waals surface area contributed by atoms with Crippen LogP contribution in [0.25, 0.3) is 0 Å². The van der Waals surface area contributed by atoms with E-state index in [4.69, 9.17) is 10.5 Å². The van der Waals surface area contributed by atoms with E-state index in [1.165, 1.54) is 0 Å². The first-order valence-electron chi connectivity index (χ1n) is 4.67. The van der Waals surface area contributed by atoms with Crippen LogP contribution in [0.4, 0.5) is 0 Å². The first-order valence-corrected chi connectivity index (χ1v) is 5.88. The summed E-state index contributed by atoms with van der Waals surface area (Å²) < 4.78 is -0.905. The number of hydrogen-bond acceptors (Lipinski definition) is 2. The Morgan fingerprint density at radius 2 is 2.27 bits per heavy atom. The summed E-state index contributed by atoms with van der Waals surface area (Å²) in [6.07, 6.45) is 1.49. The maximum absolute atomic E-state index is 10.7. The van der Waals surface area contributed by atoms with E-state index in [1.54, 1.807) is 13.8 Å². The third kappa shape index (κ3) is 7.04. The third-order valence-corrected chi connectivity index (χ3v) is 2.48. The molecule has 2 unspecified atom stereocenters. The number of aliphatic carboxylic acids is 1. The molecule has 2 atom stereocenters. The molecule has 4 nitrogen and oxygen atoms in total. The van der Waals surface area contributed by atoms with Crippen molar-refractivity contribution in [2.75, 3.05) is 6.54 Å². The van der Waals surface area contributed by atoms with E-state index in [0.29, 0.717) is 18.8 Å². The molecule has 0 aromatic rings. The van der Waals surface area contributed by atoms with Crippen molar-refractivity contribution in [2.24, 2.45) is 0 Å². The van der Waals surface area contributed by atoms with Crippen molar-refractivity contribution in [3.8, 4) is 11.8 Å². The van der Waals surface area contributed by atoms with Crippen LogP contribution < -0.4 is 5.32 Å². The van der Waals surface area contributed by atoms with Gasteiger partial charge in [0.25, 0.3) is 0 Å². The fourth-order valence-corrected chi connectivity index (χ4v) is 0.966. The van der Waals surface area contributed by atoms with Gasteiger partial charge in [0.15, 0.2) is 0 Å². The number of carboxylic acids is 1. The predicted molar refractivity (Wildman–Crippen MR) is 63.0 cm³/mol. The fourth-order valence-electron chi connectivity index (χ4n) is 0.752. The van der Waals surface area contributed by atoms with Crippen LogP contribution in [0.2, 0.25) is 4.20 Å². The Labute approximate surface area is 98.8 Å². The number of nitrogens with one attached hydrogen (secondary N) is 2. The average molecular weight is 272 g/mol. The SMILES string of the molecule is CC(=N)NCCCC#CC(C)([AsH2])C(=O)O. The second-order valence-corrected chi connectivity index (χ2v) is 5.89. The molecule has 0 aliphatic heterocycles. The van der Waals surface area contributed by atoms with E-state index in [0.717, 1.165) is 23.3 Å². The zero-order valence-corrected chi connectivity index (χ0v) is 11.5. The standard InChI is InChI=1S/C10H17AsN2O2/c1-8(12)13-7-5-3-4-6-10(2,11)9(14)15/h3,5,7,11H2,1-2H3,(H2,12,13)(H,14,15). The van der Waals surface area contributed by atoms with Crippen molar-refractivity contribution in [1.29, 1.82) is 5.41 Å². The first kappa shape index (κ1) is 14.1. The molecule has 0 radical (unpaired) electrons. The number of carbonyl (C=O) groups is 1. The van der Waals surface area contributed by atoms with Gasteiger partial charge in [-0.2, -0.15) is 0 Å². The summed E-state index contributed by atoms with van der Waals surface area (Å²) in [7, 11) is 0. The molecule has 0 aliphatic rings. The Bertz CT molecular complexity index is 302. The Morgan fingerprint density at radius 1 is 1.67 bits per heavy atom. The Kier molecular flexibility index (Phi) is 6.12. The van der Waals surface area contributed by atoms with Crippen molar-refractivity contribution in [3.63, 3.8) is 0 Å². The van der Waals surface area contributed by atoms with Gasteiger partial charge in [0.1, 0.15) is 0 Å². The summed E-state index contributed by atoms with van der Waals surface area (Å²) in [6.45, 7) is 4.01. The molecule has 3 N–H and O–H groups in total. The topological polar surface area (TPSA) is 73.2 Å². The summed E-state index contributed by atoms with van der Waals surface area (Å²) in [5.41, 5.74) is 0. The molecular weight excluding hydrogens is 255 g/mol. The van der Waals surface area contributed by atoms with E-state index < -0.39 is 10.2 Å². The molecule has 84 valence electrons. The van der Waals surface area contributed by atoms with Gasteiger partial charge in [-0.3, -0.25) is 0 Å². The monoisotopic (exact) mass is 272 g/mol. The van der Waals surface area contributed by atoms with E-state index >= 15 is 0 Å². The normalized spacial score (nSPS) is 13.3. The quantitative estimate of drug-likeness (QED) is 0.226. The van der Waals surface area contributed by atoms with Gasteiger partial charge in [-0.1, -0.05) is 0 Å². The van der Waals surface area contributed by atoms with Crippen LogP contribution in [-0.2, 0) is 4.79 Å². The van der Waals surface area contributed by atoms with Gasteiger partial charge >= 0.3 is 98.6 Å². The predicted octanol–water partition coefficient (Wildman–Crippen LogP) is 0.253. The Hall–Kier alpha value is -0.942. The molecule has 0 saturated carbocycles. The molecule has 0 spiro atoms. The van der Waals surface area contributed by atoms with Crippen molar-refractivity contribution < 1.29 is 9.90 Å². The van der Waals surface area contributed by atoms with E-state index in [1.807, 2.05) is 0 Å². The molecule has 0 aromatic carbocycles.